The zero-order chi connectivity index (χ0) is 13.1. The largest absolute Gasteiger partial charge is 0.316 e. The van der Waals surface area contributed by atoms with E-state index in [1.165, 1.54) is 32.5 Å². The lowest BCUT2D eigenvalue weighted by Gasteiger charge is -2.26. The van der Waals surface area contributed by atoms with Gasteiger partial charge in [-0.05, 0) is 52.5 Å². The maximum Gasteiger partial charge on any atom is 0.0109 e. The van der Waals surface area contributed by atoms with Crippen LogP contribution in [0.5, 0.6) is 0 Å². The first-order chi connectivity index (χ1) is 8.10. The van der Waals surface area contributed by atoms with Gasteiger partial charge in [0.15, 0.2) is 0 Å². The number of nitrogens with one attached hydrogen (secondary N) is 1. The van der Waals surface area contributed by atoms with Crippen LogP contribution in [0.25, 0.3) is 0 Å². The lowest BCUT2D eigenvalue weighted by Crippen LogP contribution is -2.38. The molecule has 0 aliphatic heterocycles. The first-order valence-electron chi connectivity index (χ1n) is 7.17. The highest BCUT2D eigenvalue weighted by atomic mass is 15.2. The fourth-order valence-electron chi connectivity index (χ4n) is 1.98. The van der Waals surface area contributed by atoms with Gasteiger partial charge in [0.25, 0.3) is 0 Å². The predicted molar refractivity (Wildman–Crippen MR) is 77.6 cm³/mol. The van der Waals surface area contributed by atoms with Crippen molar-refractivity contribution in [3.8, 4) is 0 Å². The van der Waals surface area contributed by atoms with Crippen molar-refractivity contribution in [3.05, 3.63) is 0 Å². The zero-order valence-electron chi connectivity index (χ0n) is 12.6. The van der Waals surface area contributed by atoms with E-state index in [2.05, 4.69) is 50.0 Å². The summed E-state index contributed by atoms with van der Waals surface area (Å²) < 4.78 is 0. The molecule has 0 rings (SSSR count). The van der Waals surface area contributed by atoms with E-state index in [0.29, 0.717) is 0 Å². The molecule has 0 aromatic heterocycles. The summed E-state index contributed by atoms with van der Waals surface area (Å²) in [6.07, 6.45) is 2.48. The Hall–Kier alpha value is -0.120. The minimum Gasteiger partial charge on any atom is -0.316 e. The Labute approximate surface area is 109 Å². The molecule has 1 N–H and O–H groups in total. The third kappa shape index (κ3) is 10.7. The van der Waals surface area contributed by atoms with Gasteiger partial charge in [0, 0.05) is 19.6 Å². The Morgan fingerprint density at radius 2 is 1.71 bits per heavy atom. The molecule has 0 aliphatic rings. The molecule has 0 heterocycles. The summed E-state index contributed by atoms with van der Waals surface area (Å²) in [5.41, 5.74) is 0. The third-order valence-electron chi connectivity index (χ3n) is 2.89. The molecule has 17 heavy (non-hydrogen) atoms. The fourth-order valence-corrected chi connectivity index (χ4v) is 1.98. The SMILES string of the molecule is CCCNCC(C)CN(CCC)CCN(C)C. The lowest BCUT2D eigenvalue weighted by molar-refractivity contribution is 0.212. The van der Waals surface area contributed by atoms with Crippen molar-refractivity contribution >= 4 is 0 Å². The normalized spacial score (nSPS) is 13.6. The number of rotatable bonds is 11. The molecule has 0 aromatic carbocycles. The van der Waals surface area contributed by atoms with E-state index in [4.69, 9.17) is 0 Å². The van der Waals surface area contributed by atoms with Crippen LogP contribution in [-0.4, -0.2) is 63.2 Å². The van der Waals surface area contributed by atoms with Crippen LogP contribution in [0.15, 0.2) is 0 Å². The number of hydrogen-bond acceptors (Lipinski definition) is 3. The van der Waals surface area contributed by atoms with Gasteiger partial charge in [-0.1, -0.05) is 20.8 Å². The van der Waals surface area contributed by atoms with Gasteiger partial charge in [-0.15, -0.1) is 0 Å². The molecule has 3 nitrogen and oxygen atoms in total. The minimum atomic E-state index is 0.746. The molecule has 0 spiro atoms. The first-order valence-corrected chi connectivity index (χ1v) is 7.17. The highest BCUT2D eigenvalue weighted by Crippen LogP contribution is 2.00. The summed E-state index contributed by atoms with van der Waals surface area (Å²) in [5.74, 6) is 0.746. The lowest BCUT2D eigenvalue weighted by atomic mass is 10.1. The summed E-state index contributed by atoms with van der Waals surface area (Å²) in [7, 11) is 4.30. The predicted octanol–water partition coefficient (Wildman–Crippen LogP) is 1.90. The molecule has 3 heteroatoms. The Morgan fingerprint density at radius 3 is 2.24 bits per heavy atom. The number of likely N-dealkylation sites (N-methyl/N-ethyl adjacent to an activating group) is 1. The average molecular weight is 243 g/mol. The number of nitrogens with zero attached hydrogens (tertiary/aromatic N) is 2. The molecule has 0 aromatic rings. The fraction of sp³-hybridized carbons (Fsp3) is 1.00. The van der Waals surface area contributed by atoms with Crippen molar-refractivity contribution < 1.29 is 0 Å². The van der Waals surface area contributed by atoms with E-state index in [0.717, 1.165) is 25.6 Å². The van der Waals surface area contributed by atoms with Crippen LogP contribution in [0.4, 0.5) is 0 Å². The molecule has 0 amide bonds. The van der Waals surface area contributed by atoms with Crippen molar-refractivity contribution in [2.45, 2.75) is 33.6 Å². The van der Waals surface area contributed by atoms with E-state index in [-0.39, 0.29) is 0 Å². The third-order valence-corrected chi connectivity index (χ3v) is 2.89. The van der Waals surface area contributed by atoms with Gasteiger partial charge >= 0.3 is 0 Å². The van der Waals surface area contributed by atoms with E-state index in [1.807, 2.05) is 0 Å². The Balaban J connectivity index is 3.79. The van der Waals surface area contributed by atoms with E-state index < -0.39 is 0 Å². The van der Waals surface area contributed by atoms with Crippen molar-refractivity contribution in [2.75, 3.05) is 53.4 Å². The van der Waals surface area contributed by atoms with Crippen LogP contribution in [-0.2, 0) is 0 Å². The van der Waals surface area contributed by atoms with Crippen LogP contribution >= 0.6 is 0 Å². The van der Waals surface area contributed by atoms with Gasteiger partial charge in [-0.2, -0.15) is 0 Å². The van der Waals surface area contributed by atoms with Crippen LogP contribution < -0.4 is 5.32 Å². The van der Waals surface area contributed by atoms with Crippen molar-refractivity contribution in [3.63, 3.8) is 0 Å². The maximum absolute atomic E-state index is 3.51. The molecule has 0 fully saturated rings. The second-order valence-corrected chi connectivity index (χ2v) is 5.41. The zero-order valence-corrected chi connectivity index (χ0v) is 12.6. The van der Waals surface area contributed by atoms with Gasteiger partial charge < -0.3 is 15.1 Å². The molecular formula is C14H33N3. The molecule has 0 radical (unpaired) electrons. The standard InChI is InChI=1S/C14H33N3/c1-6-8-15-12-14(3)13-17(9-7-2)11-10-16(4)5/h14-15H,6-13H2,1-5H3. The van der Waals surface area contributed by atoms with E-state index in [1.54, 1.807) is 0 Å². The Bertz CT molecular complexity index is 160. The van der Waals surface area contributed by atoms with Gasteiger partial charge in [-0.25, -0.2) is 0 Å². The van der Waals surface area contributed by atoms with Gasteiger partial charge in [-0.3, -0.25) is 0 Å². The highest BCUT2D eigenvalue weighted by Gasteiger charge is 2.09. The van der Waals surface area contributed by atoms with E-state index >= 15 is 0 Å². The van der Waals surface area contributed by atoms with Gasteiger partial charge in [0.05, 0.1) is 0 Å². The molecule has 1 unspecified atom stereocenters. The molecule has 0 bridgehead atoms. The molecule has 0 saturated heterocycles. The number of hydrogen-bond donors (Lipinski definition) is 1. The molecule has 0 saturated carbocycles. The van der Waals surface area contributed by atoms with Crippen LogP contribution in [0.3, 0.4) is 0 Å². The van der Waals surface area contributed by atoms with E-state index in [9.17, 15) is 0 Å². The summed E-state index contributed by atoms with van der Waals surface area (Å²) in [4.78, 5) is 4.86. The smallest absolute Gasteiger partial charge is 0.0109 e. The monoisotopic (exact) mass is 243 g/mol. The maximum atomic E-state index is 3.51. The quantitative estimate of drug-likeness (QED) is 0.559. The van der Waals surface area contributed by atoms with Crippen LogP contribution in [0.2, 0.25) is 0 Å². The Kier molecular flexibility index (Phi) is 10.9. The minimum absolute atomic E-state index is 0.746. The average Bonchev–Trinajstić information content (AvgIpc) is 2.26. The van der Waals surface area contributed by atoms with Crippen molar-refractivity contribution in [1.29, 1.82) is 0 Å². The first kappa shape index (κ1) is 16.9. The van der Waals surface area contributed by atoms with Crippen LogP contribution in [0.1, 0.15) is 33.6 Å². The molecule has 1 atom stereocenters. The topological polar surface area (TPSA) is 18.5 Å². The molecular weight excluding hydrogens is 210 g/mol. The summed E-state index contributed by atoms with van der Waals surface area (Å²) in [6, 6.07) is 0. The van der Waals surface area contributed by atoms with Crippen molar-refractivity contribution in [1.82, 2.24) is 15.1 Å². The summed E-state index contributed by atoms with van der Waals surface area (Å²) in [5, 5.41) is 3.51. The van der Waals surface area contributed by atoms with Crippen LogP contribution in [0, 0.1) is 5.92 Å². The summed E-state index contributed by atoms with van der Waals surface area (Å²) in [6.45, 7) is 13.9. The second kappa shape index (κ2) is 11.0. The van der Waals surface area contributed by atoms with Crippen molar-refractivity contribution in [2.24, 2.45) is 5.92 Å². The Morgan fingerprint density at radius 1 is 1.00 bits per heavy atom. The molecule has 0 aliphatic carbocycles. The second-order valence-electron chi connectivity index (χ2n) is 5.41. The summed E-state index contributed by atoms with van der Waals surface area (Å²) >= 11 is 0. The van der Waals surface area contributed by atoms with Gasteiger partial charge in [0.2, 0.25) is 0 Å². The van der Waals surface area contributed by atoms with Gasteiger partial charge in [0.1, 0.15) is 0 Å². The highest BCUT2D eigenvalue weighted by molar-refractivity contribution is 4.65. The molecule has 104 valence electrons.